The van der Waals surface area contributed by atoms with E-state index >= 15 is 0 Å². The van der Waals surface area contributed by atoms with Crippen molar-refractivity contribution in [1.29, 1.82) is 0 Å². The van der Waals surface area contributed by atoms with Gasteiger partial charge in [-0.1, -0.05) is 90.5 Å². The van der Waals surface area contributed by atoms with Crippen LogP contribution in [0.15, 0.2) is 90.5 Å². The van der Waals surface area contributed by atoms with Gasteiger partial charge in [0, 0.05) is 13.1 Å². The maximum Gasteiger partial charge on any atom is 0.313 e. The average molecular weight is 484 g/mol. The molecule has 1 aliphatic heterocycles. The van der Waals surface area contributed by atoms with Crippen LogP contribution in [0.25, 0.3) is 5.57 Å². The van der Waals surface area contributed by atoms with Crippen molar-refractivity contribution in [2.24, 2.45) is 0 Å². The Morgan fingerprint density at radius 2 is 1.39 bits per heavy atom. The molecule has 4 heteroatoms. The molecular formula is C32H37NO3. The highest BCUT2D eigenvalue weighted by molar-refractivity contribution is 5.82. The Hall–Kier alpha value is -3.21. The second-order valence-corrected chi connectivity index (χ2v) is 10.2. The summed E-state index contributed by atoms with van der Waals surface area (Å²) in [6.45, 7) is 5.17. The van der Waals surface area contributed by atoms with Crippen LogP contribution < -0.4 is 0 Å². The molecule has 36 heavy (non-hydrogen) atoms. The van der Waals surface area contributed by atoms with E-state index < -0.39 is 17.6 Å². The number of piperidine rings is 1. The first-order chi connectivity index (χ1) is 17.4. The van der Waals surface area contributed by atoms with Gasteiger partial charge in [-0.25, -0.2) is 0 Å². The molecule has 1 unspecified atom stereocenters. The Morgan fingerprint density at radius 1 is 0.861 bits per heavy atom. The molecule has 3 aromatic carbocycles. The van der Waals surface area contributed by atoms with Gasteiger partial charge < -0.3 is 10.2 Å². The van der Waals surface area contributed by atoms with Gasteiger partial charge >= 0.3 is 5.97 Å². The quantitative estimate of drug-likeness (QED) is 0.376. The number of benzene rings is 3. The number of aliphatic hydroxyl groups is 1. The van der Waals surface area contributed by atoms with Crippen LogP contribution in [0.1, 0.15) is 61.8 Å². The van der Waals surface area contributed by atoms with Crippen LogP contribution in [0.4, 0.5) is 0 Å². The second kappa shape index (κ2) is 11.7. The molecule has 0 spiro atoms. The molecule has 4 nitrogen and oxygen atoms in total. The maximum atomic E-state index is 11.5. The van der Waals surface area contributed by atoms with Crippen LogP contribution in [0.2, 0.25) is 0 Å². The first kappa shape index (κ1) is 25.9. The minimum Gasteiger partial charge on any atom is -0.481 e. The van der Waals surface area contributed by atoms with E-state index in [-0.39, 0.29) is 0 Å². The van der Waals surface area contributed by atoms with Crippen molar-refractivity contribution >= 4 is 11.5 Å². The maximum absolute atomic E-state index is 11.5. The molecule has 0 aromatic heterocycles. The van der Waals surface area contributed by atoms with Crippen molar-refractivity contribution in [3.05, 3.63) is 113 Å². The van der Waals surface area contributed by atoms with Crippen molar-refractivity contribution < 1.29 is 15.0 Å². The van der Waals surface area contributed by atoms with Gasteiger partial charge in [-0.05, 0) is 73.8 Å². The topological polar surface area (TPSA) is 60.8 Å². The molecule has 0 radical (unpaired) electrons. The smallest absolute Gasteiger partial charge is 0.313 e. The highest BCUT2D eigenvalue weighted by Crippen LogP contribution is 2.33. The molecule has 1 atom stereocenters. The number of carbonyl (C=O) groups is 1. The number of nitrogens with zero attached hydrogens (tertiary/aromatic N) is 1. The van der Waals surface area contributed by atoms with Crippen LogP contribution in [-0.4, -0.2) is 40.4 Å². The summed E-state index contributed by atoms with van der Waals surface area (Å²) in [5, 5.41) is 20.3. The first-order valence-electron chi connectivity index (χ1n) is 12.9. The number of aliphatic carboxylic acids is 1. The number of carboxylic acid groups (broad SMARTS) is 1. The Bertz CT molecular complexity index is 1120. The summed E-state index contributed by atoms with van der Waals surface area (Å²) in [6.07, 6.45) is 3.96. The minimum absolute atomic E-state index is 0.436. The van der Waals surface area contributed by atoms with E-state index in [1.165, 1.54) is 27.8 Å². The molecule has 1 fully saturated rings. The molecule has 3 aromatic rings. The number of carboxylic acids is 1. The molecule has 1 aliphatic rings. The average Bonchev–Trinajstić information content (AvgIpc) is 2.90. The predicted molar refractivity (Wildman–Crippen MR) is 146 cm³/mol. The van der Waals surface area contributed by atoms with Crippen LogP contribution in [0, 0.1) is 0 Å². The molecule has 0 saturated carbocycles. The Labute approximate surface area is 214 Å². The summed E-state index contributed by atoms with van der Waals surface area (Å²) in [5.41, 5.74) is 6.39. The summed E-state index contributed by atoms with van der Waals surface area (Å²) in [5.74, 6) is -0.822. The lowest BCUT2D eigenvalue weighted by Crippen LogP contribution is -2.39. The third-order valence-electron chi connectivity index (χ3n) is 7.44. The van der Waals surface area contributed by atoms with Crippen LogP contribution in [-0.2, 0) is 16.6 Å². The summed E-state index contributed by atoms with van der Waals surface area (Å²) >= 11 is 0. The van der Waals surface area contributed by atoms with E-state index in [1.807, 2.05) is 24.3 Å². The highest BCUT2D eigenvalue weighted by Gasteiger charge is 2.29. The van der Waals surface area contributed by atoms with E-state index in [1.54, 1.807) is 13.8 Å². The van der Waals surface area contributed by atoms with E-state index in [0.717, 1.165) is 50.8 Å². The lowest BCUT2D eigenvalue weighted by atomic mass is 9.84. The lowest BCUT2D eigenvalue weighted by molar-refractivity contribution is -0.142. The standard InChI is InChI=1S/C32H37NO3/c1-32(2,31(35)36)28-18-16-24(17-19-28)10-9-15-29(34)33-22-20-27(21-23-33)30(25-11-5-3-6-12-25)26-13-7-4-8-14-26/h3-8,11-14,16-19,29,34H,9-10,15,20-23H2,1-2H3,(H,35,36). The van der Waals surface area contributed by atoms with Crippen molar-refractivity contribution in [2.75, 3.05) is 13.1 Å². The zero-order valence-corrected chi connectivity index (χ0v) is 21.4. The molecule has 1 saturated heterocycles. The Morgan fingerprint density at radius 3 is 1.89 bits per heavy atom. The third kappa shape index (κ3) is 6.13. The van der Waals surface area contributed by atoms with Gasteiger partial charge in [0.1, 0.15) is 6.23 Å². The van der Waals surface area contributed by atoms with Gasteiger partial charge in [-0.15, -0.1) is 0 Å². The van der Waals surface area contributed by atoms with Crippen LogP contribution in [0.5, 0.6) is 0 Å². The SMILES string of the molecule is CC(C)(C(=O)O)c1ccc(CCCC(O)N2CCC(=C(c3ccccc3)c3ccccc3)CC2)cc1. The van der Waals surface area contributed by atoms with Gasteiger partial charge in [0.25, 0.3) is 0 Å². The molecule has 0 aliphatic carbocycles. The van der Waals surface area contributed by atoms with E-state index in [9.17, 15) is 15.0 Å². The highest BCUT2D eigenvalue weighted by atomic mass is 16.4. The summed E-state index contributed by atoms with van der Waals surface area (Å²) in [6, 6.07) is 29.1. The molecule has 4 rings (SSSR count). The first-order valence-corrected chi connectivity index (χ1v) is 12.9. The molecular weight excluding hydrogens is 446 g/mol. The molecule has 2 N–H and O–H groups in total. The van der Waals surface area contributed by atoms with Gasteiger partial charge in [0.05, 0.1) is 5.41 Å². The van der Waals surface area contributed by atoms with Crippen LogP contribution >= 0.6 is 0 Å². The molecule has 188 valence electrons. The largest absolute Gasteiger partial charge is 0.481 e. The number of aryl methyl sites for hydroxylation is 1. The molecule has 0 amide bonds. The molecule has 1 heterocycles. The number of aliphatic hydroxyl groups excluding tert-OH is 1. The summed E-state index contributed by atoms with van der Waals surface area (Å²) < 4.78 is 0. The number of likely N-dealkylation sites (tertiary alicyclic amines) is 1. The van der Waals surface area contributed by atoms with Crippen molar-refractivity contribution in [3.63, 3.8) is 0 Å². The Balaban J connectivity index is 1.33. The summed E-state index contributed by atoms with van der Waals surface area (Å²) in [7, 11) is 0. The summed E-state index contributed by atoms with van der Waals surface area (Å²) in [4.78, 5) is 13.7. The van der Waals surface area contributed by atoms with E-state index in [0.29, 0.717) is 0 Å². The van der Waals surface area contributed by atoms with Gasteiger partial charge in [0.15, 0.2) is 0 Å². The monoisotopic (exact) mass is 483 g/mol. The van der Waals surface area contributed by atoms with Crippen LogP contribution in [0.3, 0.4) is 0 Å². The van der Waals surface area contributed by atoms with Crippen molar-refractivity contribution in [1.82, 2.24) is 4.90 Å². The third-order valence-corrected chi connectivity index (χ3v) is 7.44. The van der Waals surface area contributed by atoms with Gasteiger partial charge in [0.2, 0.25) is 0 Å². The predicted octanol–water partition coefficient (Wildman–Crippen LogP) is 6.29. The zero-order chi connectivity index (χ0) is 25.5. The lowest BCUT2D eigenvalue weighted by Gasteiger charge is -2.33. The van der Waals surface area contributed by atoms with E-state index in [4.69, 9.17) is 0 Å². The second-order valence-electron chi connectivity index (χ2n) is 10.2. The number of hydrogen-bond acceptors (Lipinski definition) is 3. The number of rotatable bonds is 9. The fourth-order valence-electron chi connectivity index (χ4n) is 5.01. The number of hydrogen-bond donors (Lipinski definition) is 2. The van der Waals surface area contributed by atoms with Gasteiger partial charge in [-0.3, -0.25) is 9.69 Å². The van der Waals surface area contributed by atoms with Crippen molar-refractivity contribution in [3.8, 4) is 0 Å². The Kier molecular flexibility index (Phi) is 8.40. The normalized spacial score (nSPS) is 15.5. The zero-order valence-electron chi connectivity index (χ0n) is 21.4. The fraction of sp³-hybridized carbons (Fsp3) is 0.344. The fourth-order valence-corrected chi connectivity index (χ4v) is 5.01. The van der Waals surface area contributed by atoms with Crippen molar-refractivity contribution in [2.45, 2.75) is 57.6 Å². The molecule has 0 bridgehead atoms. The minimum atomic E-state index is -0.892. The van der Waals surface area contributed by atoms with E-state index in [2.05, 4.69) is 65.6 Å². The van der Waals surface area contributed by atoms with Gasteiger partial charge in [-0.2, -0.15) is 0 Å².